The third-order valence-electron chi connectivity index (χ3n) is 2.07. The van der Waals surface area contributed by atoms with Crippen molar-refractivity contribution in [2.24, 2.45) is 0 Å². The molecule has 0 aliphatic carbocycles. The molecule has 0 atom stereocenters. The first-order valence-corrected chi connectivity index (χ1v) is 6.49. The number of carbonyl (C=O) groups excluding carboxylic acids is 1. The van der Waals surface area contributed by atoms with Crippen LogP contribution in [0.2, 0.25) is 0 Å². The molecule has 2 nitrogen and oxygen atoms in total. The first kappa shape index (κ1) is 14.3. The lowest BCUT2D eigenvalue weighted by Crippen LogP contribution is -2.27. The van der Waals surface area contributed by atoms with Gasteiger partial charge in [-0.15, -0.1) is 0 Å². The average Bonchev–Trinajstić information content (AvgIpc) is 2.28. The number of hydrogen-bond acceptors (Lipinski definition) is 1. The Morgan fingerprint density at radius 2 is 1.94 bits per heavy atom. The van der Waals surface area contributed by atoms with Crippen molar-refractivity contribution in [3.05, 3.63) is 35.4 Å². The van der Waals surface area contributed by atoms with Gasteiger partial charge < -0.3 is 5.32 Å². The second-order valence-corrected chi connectivity index (χ2v) is 4.42. The highest BCUT2D eigenvalue weighted by Gasteiger charge is 2.34. The van der Waals surface area contributed by atoms with Crippen LogP contribution in [0.5, 0.6) is 0 Å². The minimum Gasteiger partial charge on any atom is -0.352 e. The zero-order valence-corrected chi connectivity index (χ0v) is 11.0. The molecule has 0 aliphatic rings. The molecule has 0 bridgehead atoms. The van der Waals surface area contributed by atoms with Crippen LogP contribution < -0.4 is 5.32 Å². The van der Waals surface area contributed by atoms with Crippen LogP contribution in [0.25, 0.3) is 0 Å². The number of alkyl halides is 4. The van der Waals surface area contributed by atoms with E-state index in [1.165, 1.54) is 18.2 Å². The summed E-state index contributed by atoms with van der Waals surface area (Å²) in [7, 11) is 0. The van der Waals surface area contributed by atoms with E-state index >= 15 is 0 Å². The van der Waals surface area contributed by atoms with Crippen LogP contribution in [0.1, 0.15) is 22.3 Å². The van der Waals surface area contributed by atoms with Crippen molar-refractivity contribution in [2.45, 2.75) is 12.6 Å². The predicted molar refractivity (Wildman–Crippen MR) is 67.3 cm³/mol. The molecule has 1 rings (SSSR count). The molecular formula is C11H11F3INO. The molecule has 17 heavy (non-hydrogen) atoms. The van der Waals surface area contributed by atoms with Crippen LogP contribution in [0.15, 0.2) is 24.3 Å². The van der Waals surface area contributed by atoms with Crippen molar-refractivity contribution in [2.75, 3.05) is 11.0 Å². The molecule has 1 aromatic rings. The Balaban J connectivity index is 2.86. The first-order chi connectivity index (χ1) is 7.96. The number of nitrogens with one attached hydrogen (secondary N) is 1. The SMILES string of the molecule is O=C(NCCCI)c1ccccc1C(F)(F)F. The molecule has 0 saturated heterocycles. The van der Waals surface area contributed by atoms with Gasteiger partial charge in [-0.2, -0.15) is 13.2 Å². The molecule has 0 radical (unpaired) electrons. The fraction of sp³-hybridized carbons (Fsp3) is 0.364. The van der Waals surface area contributed by atoms with E-state index < -0.39 is 17.6 Å². The lowest BCUT2D eigenvalue weighted by atomic mass is 10.1. The summed E-state index contributed by atoms with van der Waals surface area (Å²) in [4.78, 5) is 11.6. The Hall–Kier alpha value is -0.790. The molecule has 0 saturated carbocycles. The van der Waals surface area contributed by atoms with Crippen LogP contribution in [-0.4, -0.2) is 16.9 Å². The minimum absolute atomic E-state index is 0.326. The third kappa shape index (κ3) is 4.18. The highest BCUT2D eigenvalue weighted by atomic mass is 127. The van der Waals surface area contributed by atoms with E-state index in [0.717, 1.165) is 16.9 Å². The van der Waals surface area contributed by atoms with E-state index in [1.807, 2.05) is 0 Å². The zero-order chi connectivity index (χ0) is 12.9. The Kier molecular flexibility index (Phi) is 5.23. The summed E-state index contributed by atoms with van der Waals surface area (Å²) in [5.74, 6) is -0.678. The van der Waals surface area contributed by atoms with Crippen molar-refractivity contribution < 1.29 is 18.0 Å². The van der Waals surface area contributed by atoms with Crippen LogP contribution in [-0.2, 0) is 6.18 Å². The molecule has 0 unspecified atom stereocenters. The maximum Gasteiger partial charge on any atom is 0.417 e. The predicted octanol–water partition coefficient (Wildman–Crippen LogP) is 3.26. The molecule has 0 fully saturated rings. The lowest BCUT2D eigenvalue weighted by molar-refractivity contribution is -0.137. The lowest BCUT2D eigenvalue weighted by Gasteiger charge is -2.12. The zero-order valence-electron chi connectivity index (χ0n) is 8.85. The Morgan fingerprint density at radius 3 is 2.53 bits per heavy atom. The van der Waals surface area contributed by atoms with E-state index in [4.69, 9.17) is 0 Å². The van der Waals surface area contributed by atoms with Gasteiger partial charge in [0, 0.05) is 11.0 Å². The molecule has 94 valence electrons. The van der Waals surface area contributed by atoms with Gasteiger partial charge in [0.2, 0.25) is 0 Å². The van der Waals surface area contributed by atoms with E-state index in [0.29, 0.717) is 6.54 Å². The fourth-order valence-corrected chi connectivity index (χ4v) is 1.67. The van der Waals surface area contributed by atoms with Gasteiger partial charge in [-0.05, 0) is 18.6 Å². The molecule has 6 heteroatoms. The van der Waals surface area contributed by atoms with Crippen LogP contribution in [0.3, 0.4) is 0 Å². The number of rotatable bonds is 4. The van der Waals surface area contributed by atoms with Gasteiger partial charge in [0.1, 0.15) is 0 Å². The fourth-order valence-electron chi connectivity index (χ4n) is 1.29. The van der Waals surface area contributed by atoms with Crippen molar-refractivity contribution in [3.63, 3.8) is 0 Å². The van der Waals surface area contributed by atoms with Gasteiger partial charge in [0.05, 0.1) is 11.1 Å². The summed E-state index contributed by atoms with van der Waals surface area (Å²) in [5, 5.41) is 2.47. The quantitative estimate of drug-likeness (QED) is 0.500. The Labute approximate surface area is 111 Å². The van der Waals surface area contributed by atoms with Crippen molar-refractivity contribution in [1.29, 1.82) is 0 Å². The summed E-state index contributed by atoms with van der Waals surface area (Å²) < 4.78 is 38.7. The first-order valence-electron chi connectivity index (χ1n) is 4.97. The second kappa shape index (κ2) is 6.23. The van der Waals surface area contributed by atoms with Gasteiger partial charge in [0.15, 0.2) is 0 Å². The molecule has 0 spiro atoms. The molecule has 1 amide bonds. The molecular weight excluding hydrogens is 346 g/mol. The number of hydrogen-bond donors (Lipinski definition) is 1. The Bertz CT molecular complexity index is 393. The van der Waals surface area contributed by atoms with Crippen LogP contribution >= 0.6 is 22.6 Å². The third-order valence-corrected chi connectivity index (χ3v) is 2.84. The number of benzene rings is 1. The number of halogens is 4. The maximum atomic E-state index is 12.6. The minimum atomic E-state index is -4.50. The van der Waals surface area contributed by atoms with Crippen molar-refractivity contribution in [1.82, 2.24) is 5.32 Å². The standard InChI is InChI=1S/C11H11F3INO/c12-11(13,14)9-5-2-1-4-8(9)10(17)16-7-3-6-15/h1-2,4-5H,3,6-7H2,(H,16,17). The molecule has 0 aromatic heterocycles. The van der Waals surface area contributed by atoms with E-state index in [9.17, 15) is 18.0 Å². The van der Waals surface area contributed by atoms with Crippen LogP contribution in [0, 0.1) is 0 Å². The summed E-state index contributed by atoms with van der Waals surface area (Å²) in [6.45, 7) is 0.383. The van der Waals surface area contributed by atoms with Crippen LogP contribution in [0.4, 0.5) is 13.2 Å². The normalized spacial score (nSPS) is 11.3. The van der Waals surface area contributed by atoms with Crippen molar-refractivity contribution >= 4 is 28.5 Å². The summed E-state index contributed by atoms with van der Waals surface area (Å²) >= 11 is 2.14. The smallest absolute Gasteiger partial charge is 0.352 e. The van der Waals surface area contributed by atoms with Gasteiger partial charge >= 0.3 is 6.18 Å². The average molecular weight is 357 g/mol. The maximum absolute atomic E-state index is 12.6. The Morgan fingerprint density at radius 1 is 1.29 bits per heavy atom. The highest BCUT2D eigenvalue weighted by molar-refractivity contribution is 14.1. The van der Waals surface area contributed by atoms with Gasteiger partial charge in [0.25, 0.3) is 5.91 Å². The van der Waals surface area contributed by atoms with E-state index in [1.54, 1.807) is 0 Å². The molecule has 0 heterocycles. The summed E-state index contributed by atoms with van der Waals surface area (Å²) in [5.41, 5.74) is -1.22. The van der Waals surface area contributed by atoms with E-state index in [2.05, 4.69) is 27.9 Å². The molecule has 0 aliphatic heterocycles. The van der Waals surface area contributed by atoms with Gasteiger partial charge in [-0.3, -0.25) is 4.79 Å². The van der Waals surface area contributed by atoms with Crippen molar-refractivity contribution in [3.8, 4) is 0 Å². The number of carbonyl (C=O) groups is 1. The van der Waals surface area contributed by atoms with Gasteiger partial charge in [-0.25, -0.2) is 0 Å². The van der Waals surface area contributed by atoms with E-state index in [-0.39, 0.29) is 5.56 Å². The number of amides is 1. The molecule has 1 N–H and O–H groups in total. The highest BCUT2D eigenvalue weighted by Crippen LogP contribution is 2.31. The van der Waals surface area contributed by atoms with Gasteiger partial charge in [-0.1, -0.05) is 34.7 Å². The molecule has 1 aromatic carbocycles. The monoisotopic (exact) mass is 357 g/mol. The topological polar surface area (TPSA) is 29.1 Å². The summed E-state index contributed by atoms with van der Waals surface area (Å²) in [6.07, 6.45) is -3.77. The summed E-state index contributed by atoms with van der Waals surface area (Å²) in [6, 6.07) is 4.78. The largest absolute Gasteiger partial charge is 0.417 e. The second-order valence-electron chi connectivity index (χ2n) is 3.34.